The van der Waals surface area contributed by atoms with Gasteiger partial charge in [0.25, 0.3) is 0 Å². The van der Waals surface area contributed by atoms with Crippen LogP contribution in [-0.4, -0.2) is 31.6 Å². The van der Waals surface area contributed by atoms with Gasteiger partial charge in [-0.15, -0.1) is 0 Å². The fourth-order valence-corrected chi connectivity index (χ4v) is 3.23. The zero-order chi connectivity index (χ0) is 17.8. The first kappa shape index (κ1) is 17.1. The minimum absolute atomic E-state index is 0.00802. The number of aryl methyl sites for hydroxylation is 1. The van der Waals surface area contributed by atoms with Gasteiger partial charge in [-0.2, -0.15) is 0 Å². The molecule has 1 amide bonds. The number of carbonyl (C=O) groups excluding carboxylic acids is 1. The van der Waals surface area contributed by atoms with Gasteiger partial charge < -0.3 is 18.8 Å². The van der Waals surface area contributed by atoms with Gasteiger partial charge in [-0.1, -0.05) is 6.07 Å². The van der Waals surface area contributed by atoms with Crippen LogP contribution in [0.5, 0.6) is 11.5 Å². The van der Waals surface area contributed by atoms with E-state index in [0.717, 1.165) is 30.7 Å². The molecule has 0 spiro atoms. The maximum Gasteiger partial charge on any atom is 0.247 e. The molecule has 1 unspecified atom stereocenters. The summed E-state index contributed by atoms with van der Waals surface area (Å²) in [4.78, 5) is 14.5. The van der Waals surface area contributed by atoms with Crippen molar-refractivity contribution >= 4 is 12.0 Å². The lowest BCUT2D eigenvalue weighted by molar-refractivity contribution is -0.126. The minimum Gasteiger partial charge on any atom is -0.493 e. The molecule has 5 nitrogen and oxygen atoms in total. The molecule has 1 aliphatic rings. The number of benzene rings is 1. The van der Waals surface area contributed by atoms with Gasteiger partial charge >= 0.3 is 0 Å². The Kier molecular flexibility index (Phi) is 5.12. The molecule has 1 fully saturated rings. The first-order valence-corrected chi connectivity index (χ1v) is 8.39. The van der Waals surface area contributed by atoms with E-state index in [-0.39, 0.29) is 11.9 Å². The van der Waals surface area contributed by atoms with Crippen molar-refractivity contribution in [3.05, 3.63) is 53.5 Å². The van der Waals surface area contributed by atoms with Crippen molar-refractivity contribution in [2.24, 2.45) is 0 Å². The molecule has 1 aliphatic heterocycles. The van der Waals surface area contributed by atoms with Crippen LogP contribution in [0.3, 0.4) is 0 Å². The SMILES string of the molecule is COc1ccc(C2CCCN2C(=O)/C=C/c2ccc(C)o2)cc1OC. The van der Waals surface area contributed by atoms with Crippen LogP contribution >= 0.6 is 0 Å². The quantitative estimate of drug-likeness (QED) is 0.772. The maximum atomic E-state index is 12.6. The molecule has 1 saturated heterocycles. The van der Waals surface area contributed by atoms with Gasteiger partial charge in [-0.05, 0) is 55.7 Å². The van der Waals surface area contributed by atoms with Crippen LogP contribution in [0.1, 0.15) is 36.0 Å². The molecule has 2 heterocycles. The van der Waals surface area contributed by atoms with Crippen molar-refractivity contribution in [2.45, 2.75) is 25.8 Å². The monoisotopic (exact) mass is 341 g/mol. The smallest absolute Gasteiger partial charge is 0.247 e. The third kappa shape index (κ3) is 3.71. The number of hydrogen-bond acceptors (Lipinski definition) is 4. The molecule has 1 aromatic carbocycles. The zero-order valence-electron chi connectivity index (χ0n) is 14.8. The Bertz CT molecular complexity index is 778. The molecular formula is C20H23NO4. The fourth-order valence-electron chi connectivity index (χ4n) is 3.23. The Morgan fingerprint density at radius 1 is 1.20 bits per heavy atom. The molecule has 0 saturated carbocycles. The average molecular weight is 341 g/mol. The molecule has 0 N–H and O–H groups in total. The van der Waals surface area contributed by atoms with Crippen LogP contribution in [-0.2, 0) is 4.79 Å². The summed E-state index contributed by atoms with van der Waals surface area (Å²) in [6.45, 7) is 2.63. The van der Waals surface area contributed by atoms with E-state index in [1.165, 1.54) is 0 Å². The van der Waals surface area contributed by atoms with Crippen LogP contribution in [0.4, 0.5) is 0 Å². The zero-order valence-corrected chi connectivity index (χ0v) is 14.8. The van der Waals surface area contributed by atoms with E-state index < -0.39 is 0 Å². The third-order valence-corrected chi connectivity index (χ3v) is 4.48. The highest BCUT2D eigenvalue weighted by Crippen LogP contribution is 2.37. The fraction of sp³-hybridized carbons (Fsp3) is 0.350. The van der Waals surface area contributed by atoms with Crippen molar-refractivity contribution < 1.29 is 18.7 Å². The van der Waals surface area contributed by atoms with Crippen LogP contribution in [0.2, 0.25) is 0 Å². The van der Waals surface area contributed by atoms with Crippen molar-refractivity contribution in [3.8, 4) is 11.5 Å². The Labute approximate surface area is 147 Å². The number of amides is 1. The number of ether oxygens (including phenoxy) is 2. The van der Waals surface area contributed by atoms with Crippen molar-refractivity contribution in [1.82, 2.24) is 4.90 Å². The number of carbonyl (C=O) groups is 1. The van der Waals surface area contributed by atoms with E-state index in [0.29, 0.717) is 17.3 Å². The van der Waals surface area contributed by atoms with Crippen LogP contribution in [0, 0.1) is 6.92 Å². The lowest BCUT2D eigenvalue weighted by Crippen LogP contribution is -2.28. The number of likely N-dealkylation sites (tertiary alicyclic amines) is 1. The molecule has 1 atom stereocenters. The largest absolute Gasteiger partial charge is 0.493 e. The Hall–Kier alpha value is -2.69. The second-order valence-electron chi connectivity index (χ2n) is 6.09. The summed E-state index contributed by atoms with van der Waals surface area (Å²) in [6.07, 6.45) is 5.23. The Morgan fingerprint density at radius 3 is 2.68 bits per heavy atom. The number of nitrogens with zero attached hydrogens (tertiary/aromatic N) is 1. The van der Waals surface area contributed by atoms with Crippen molar-refractivity contribution in [3.63, 3.8) is 0 Å². The number of methoxy groups -OCH3 is 2. The second kappa shape index (κ2) is 7.47. The van der Waals surface area contributed by atoms with E-state index in [2.05, 4.69) is 0 Å². The molecule has 0 bridgehead atoms. The third-order valence-electron chi connectivity index (χ3n) is 4.48. The maximum absolute atomic E-state index is 12.6. The van der Waals surface area contributed by atoms with E-state index in [1.54, 1.807) is 26.4 Å². The molecule has 5 heteroatoms. The summed E-state index contributed by atoms with van der Waals surface area (Å²) < 4.78 is 16.2. The van der Waals surface area contributed by atoms with Gasteiger partial charge in [0.2, 0.25) is 5.91 Å². The van der Waals surface area contributed by atoms with E-state index in [9.17, 15) is 4.79 Å². The predicted molar refractivity (Wildman–Crippen MR) is 95.7 cm³/mol. The van der Waals surface area contributed by atoms with Crippen LogP contribution < -0.4 is 9.47 Å². The van der Waals surface area contributed by atoms with E-state index >= 15 is 0 Å². The predicted octanol–water partition coefficient (Wildman–Crippen LogP) is 3.98. The molecule has 25 heavy (non-hydrogen) atoms. The summed E-state index contributed by atoms with van der Waals surface area (Å²) >= 11 is 0. The minimum atomic E-state index is -0.00802. The number of rotatable bonds is 5. The molecule has 132 valence electrons. The summed E-state index contributed by atoms with van der Waals surface area (Å²) in [5.41, 5.74) is 1.06. The summed E-state index contributed by atoms with van der Waals surface area (Å²) in [7, 11) is 3.23. The number of hydrogen-bond donors (Lipinski definition) is 0. The highest BCUT2D eigenvalue weighted by Gasteiger charge is 2.29. The lowest BCUT2D eigenvalue weighted by Gasteiger charge is -2.24. The van der Waals surface area contributed by atoms with E-state index in [4.69, 9.17) is 13.9 Å². The molecule has 0 aliphatic carbocycles. The molecule has 0 radical (unpaired) electrons. The van der Waals surface area contributed by atoms with Crippen LogP contribution in [0.15, 0.2) is 40.8 Å². The van der Waals surface area contributed by atoms with Gasteiger partial charge in [0.15, 0.2) is 11.5 Å². The van der Waals surface area contributed by atoms with E-state index in [1.807, 2.05) is 42.2 Å². The van der Waals surface area contributed by atoms with Crippen molar-refractivity contribution in [2.75, 3.05) is 20.8 Å². The summed E-state index contributed by atoms with van der Waals surface area (Å²) in [6, 6.07) is 9.62. The number of furan rings is 1. The molecular weight excluding hydrogens is 318 g/mol. The first-order valence-electron chi connectivity index (χ1n) is 8.39. The van der Waals surface area contributed by atoms with Gasteiger partial charge in [0.05, 0.1) is 20.3 Å². The summed E-state index contributed by atoms with van der Waals surface area (Å²) in [5, 5.41) is 0. The highest BCUT2D eigenvalue weighted by molar-refractivity contribution is 5.92. The summed E-state index contributed by atoms with van der Waals surface area (Å²) in [5.74, 6) is 2.88. The van der Waals surface area contributed by atoms with Crippen molar-refractivity contribution in [1.29, 1.82) is 0 Å². The van der Waals surface area contributed by atoms with Gasteiger partial charge in [0.1, 0.15) is 11.5 Å². The normalized spacial score (nSPS) is 17.2. The Morgan fingerprint density at radius 2 is 2.00 bits per heavy atom. The molecule has 3 rings (SSSR count). The Balaban J connectivity index is 1.78. The van der Waals surface area contributed by atoms with Gasteiger partial charge in [0, 0.05) is 12.6 Å². The molecule has 2 aromatic rings. The molecule has 1 aromatic heterocycles. The average Bonchev–Trinajstić information content (AvgIpc) is 3.28. The van der Waals surface area contributed by atoms with Gasteiger partial charge in [-0.3, -0.25) is 4.79 Å². The van der Waals surface area contributed by atoms with Crippen LogP contribution in [0.25, 0.3) is 6.08 Å². The highest BCUT2D eigenvalue weighted by atomic mass is 16.5. The standard InChI is InChI=1S/C20H23NO4/c1-14-6-8-16(25-14)9-11-20(22)21-12-4-5-17(21)15-7-10-18(23-2)19(13-15)24-3/h6-11,13,17H,4-5,12H2,1-3H3/b11-9+. The topological polar surface area (TPSA) is 51.9 Å². The first-order chi connectivity index (χ1) is 12.1. The lowest BCUT2D eigenvalue weighted by atomic mass is 10.0. The van der Waals surface area contributed by atoms with Gasteiger partial charge in [-0.25, -0.2) is 0 Å². The second-order valence-corrected chi connectivity index (χ2v) is 6.09.